The third kappa shape index (κ3) is 3.78. The molecule has 132 valence electrons. The molecule has 4 aromatic rings. The molecule has 1 aromatic carbocycles. The smallest absolute Gasteiger partial charge is 0.259 e. The van der Waals surface area contributed by atoms with Crippen molar-refractivity contribution in [2.45, 2.75) is 0 Å². The molecule has 0 aliphatic carbocycles. The number of pyridine rings is 2. The zero-order valence-corrected chi connectivity index (χ0v) is 15.7. The quantitative estimate of drug-likeness (QED) is 0.533. The molecule has 0 saturated heterocycles. The largest absolute Gasteiger partial charge is 0.322 e. The predicted molar refractivity (Wildman–Crippen MR) is 107 cm³/mol. The van der Waals surface area contributed by atoms with Crippen molar-refractivity contribution in [3.8, 4) is 16.9 Å². The van der Waals surface area contributed by atoms with E-state index < -0.39 is 0 Å². The fourth-order valence-corrected chi connectivity index (χ4v) is 3.05. The normalized spacial score (nSPS) is 10.6. The Morgan fingerprint density at radius 1 is 1.00 bits per heavy atom. The molecule has 0 radical (unpaired) electrons. The zero-order valence-electron chi connectivity index (χ0n) is 14.1. The lowest BCUT2D eigenvalue weighted by atomic mass is 10.1. The molecule has 0 aliphatic rings. The van der Waals surface area contributed by atoms with Crippen LogP contribution in [-0.2, 0) is 0 Å². The van der Waals surface area contributed by atoms with Gasteiger partial charge in [-0.25, -0.2) is 9.67 Å². The summed E-state index contributed by atoms with van der Waals surface area (Å²) in [7, 11) is 0. The van der Waals surface area contributed by atoms with Crippen molar-refractivity contribution in [3.63, 3.8) is 0 Å². The van der Waals surface area contributed by atoms with E-state index in [9.17, 15) is 4.79 Å². The van der Waals surface area contributed by atoms with Crippen LogP contribution in [0.1, 0.15) is 10.4 Å². The fraction of sp³-hybridized carbons (Fsp3) is 0. The number of nitrogens with one attached hydrogen (secondary N) is 1. The van der Waals surface area contributed by atoms with Gasteiger partial charge < -0.3 is 5.32 Å². The third-order valence-corrected chi connectivity index (χ3v) is 4.42. The number of amides is 1. The van der Waals surface area contributed by atoms with Crippen LogP contribution in [0.15, 0.2) is 84.0 Å². The molecule has 6 nitrogen and oxygen atoms in total. The van der Waals surface area contributed by atoms with E-state index in [0.717, 1.165) is 15.6 Å². The van der Waals surface area contributed by atoms with Crippen molar-refractivity contribution in [1.29, 1.82) is 0 Å². The summed E-state index contributed by atoms with van der Waals surface area (Å²) >= 11 is 3.40. The summed E-state index contributed by atoms with van der Waals surface area (Å²) in [6, 6.07) is 14.7. The lowest BCUT2D eigenvalue weighted by molar-refractivity contribution is 0.102. The van der Waals surface area contributed by atoms with E-state index in [2.05, 4.69) is 36.3 Å². The number of nitrogens with zero attached hydrogens (tertiary/aromatic N) is 4. The first-order valence-corrected chi connectivity index (χ1v) is 8.97. The van der Waals surface area contributed by atoms with Crippen LogP contribution in [0.25, 0.3) is 16.9 Å². The number of hydrogen-bond donors (Lipinski definition) is 1. The van der Waals surface area contributed by atoms with Crippen LogP contribution in [-0.4, -0.2) is 25.7 Å². The molecule has 0 saturated carbocycles. The van der Waals surface area contributed by atoms with Crippen molar-refractivity contribution in [2.75, 3.05) is 5.32 Å². The van der Waals surface area contributed by atoms with Crippen molar-refractivity contribution < 1.29 is 4.79 Å². The Kier molecular flexibility index (Phi) is 4.76. The van der Waals surface area contributed by atoms with Crippen LogP contribution in [0.5, 0.6) is 0 Å². The number of carbonyl (C=O) groups is 1. The highest BCUT2D eigenvalue weighted by Gasteiger charge is 2.15. The molecule has 0 fully saturated rings. The van der Waals surface area contributed by atoms with Crippen molar-refractivity contribution in [2.24, 2.45) is 0 Å². The second-order valence-electron chi connectivity index (χ2n) is 5.75. The first kappa shape index (κ1) is 17.1. The summed E-state index contributed by atoms with van der Waals surface area (Å²) < 4.78 is 2.49. The van der Waals surface area contributed by atoms with Crippen molar-refractivity contribution >= 4 is 27.5 Å². The van der Waals surface area contributed by atoms with Crippen LogP contribution in [0.2, 0.25) is 0 Å². The molecule has 7 heteroatoms. The number of anilines is 1. The van der Waals surface area contributed by atoms with E-state index in [0.29, 0.717) is 17.1 Å². The number of rotatable bonds is 4. The lowest BCUT2D eigenvalue weighted by Gasteiger charge is -2.09. The molecule has 0 atom stereocenters. The Hall–Kier alpha value is -3.32. The Morgan fingerprint density at radius 2 is 1.85 bits per heavy atom. The van der Waals surface area contributed by atoms with Crippen LogP contribution in [0, 0.1) is 0 Å². The molecule has 3 aromatic heterocycles. The molecule has 1 amide bonds. The summed E-state index contributed by atoms with van der Waals surface area (Å²) in [6.07, 6.45) is 8.67. The van der Waals surface area contributed by atoms with Crippen LogP contribution < -0.4 is 5.32 Å². The van der Waals surface area contributed by atoms with Gasteiger partial charge in [-0.05, 0) is 48.0 Å². The first-order chi connectivity index (χ1) is 13.2. The monoisotopic (exact) mass is 419 g/mol. The molecular weight excluding hydrogens is 406 g/mol. The topological polar surface area (TPSA) is 72.7 Å². The molecule has 1 N–H and O–H groups in total. The Morgan fingerprint density at radius 3 is 2.67 bits per heavy atom. The van der Waals surface area contributed by atoms with Gasteiger partial charge in [0.25, 0.3) is 5.91 Å². The first-order valence-electron chi connectivity index (χ1n) is 8.18. The average Bonchev–Trinajstić information content (AvgIpc) is 3.19. The highest BCUT2D eigenvalue weighted by atomic mass is 79.9. The van der Waals surface area contributed by atoms with Crippen molar-refractivity contribution in [1.82, 2.24) is 19.7 Å². The minimum Gasteiger partial charge on any atom is -0.322 e. The van der Waals surface area contributed by atoms with Crippen LogP contribution >= 0.6 is 15.9 Å². The molecule has 27 heavy (non-hydrogen) atoms. The molecule has 0 bridgehead atoms. The van der Waals surface area contributed by atoms with Gasteiger partial charge in [0.05, 0.1) is 11.8 Å². The molecule has 0 aliphatic heterocycles. The van der Waals surface area contributed by atoms with Gasteiger partial charge in [-0.2, -0.15) is 5.10 Å². The van der Waals surface area contributed by atoms with Gasteiger partial charge in [-0.3, -0.25) is 9.78 Å². The zero-order chi connectivity index (χ0) is 18.6. The summed E-state index contributed by atoms with van der Waals surface area (Å²) in [4.78, 5) is 21.2. The van der Waals surface area contributed by atoms with Gasteiger partial charge in [0.1, 0.15) is 0 Å². The maximum atomic E-state index is 12.8. The van der Waals surface area contributed by atoms with E-state index in [1.54, 1.807) is 41.6 Å². The Balaban J connectivity index is 1.65. The van der Waals surface area contributed by atoms with E-state index in [1.165, 1.54) is 0 Å². The molecular formula is C20H14BrN5O. The van der Waals surface area contributed by atoms with Gasteiger partial charge in [0.15, 0.2) is 5.82 Å². The minimum absolute atomic E-state index is 0.253. The molecule has 0 unspecified atom stereocenters. The highest BCUT2D eigenvalue weighted by Crippen LogP contribution is 2.21. The van der Waals surface area contributed by atoms with E-state index in [-0.39, 0.29) is 5.91 Å². The van der Waals surface area contributed by atoms with Gasteiger partial charge in [0.2, 0.25) is 0 Å². The van der Waals surface area contributed by atoms with Gasteiger partial charge in [-0.15, -0.1) is 0 Å². The number of hydrogen-bond acceptors (Lipinski definition) is 4. The average molecular weight is 420 g/mol. The van der Waals surface area contributed by atoms with E-state index in [4.69, 9.17) is 0 Å². The fourth-order valence-electron chi connectivity index (χ4n) is 2.65. The summed E-state index contributed by atoms with van der Waals surface area (Å²) in [5, 5.41) is 7.26. The van der Waals surface area contributed by atoms with Crippen molar-refractivity contribution in [3.05, 3.63) is 89.6 Å². The predicted octanol–water partition coefficient (Wildman–Crippen LogP) is 4.34. The summed E-state index contributed by atoms with van der Waals surface area (Å²) in [5.41, 5.74) is 3.04. The molecule has 4 rings (SSSR count). The third-order valence-electron chi connectivity index (χ3n) is 3.93. The molecule has 3 heterocycles. The maximum absolute atomic E-state index is 12.8. The number of carbonyl (C=O) groups excluding carboxylic acids is 1. The van der Waals surface area contributed by atoms with Gasteiger partial charge >= 0.3 is 0 Å². The number of halogens is 1. The Labute approximate surface area is 164 Å². The number of benzene rings is 1. The van der Waals surface area contributed by atoms with E-state index >= 15 is 0 Å². The lowest BCUT2D eigenvalue weighted by Crippen LogP contribution is -2.16. The van der Waals surface area contributed by atoms with E-state index in [1.807, 2.05) is 42.6 Å². The van der Waals surface area contributed by atoms with Gasteiger partial charge in [-0.1, -0.05) is 22.0 Å². The second-order valence-corrected chi connectivity index (χ2v) is 6.66. The SMILES string of the molecule is O=C(Nc1cccc(Br)c1)c1cccnc1-n1cc(-c2ccncc2)cn1. The standard InChI is InChI=1S/C20H14BrN5O/c21-16-3-1-4-17(11-16)25-20(27)18-5-2-8-23-19(18)26-13-15(12-24-26)14-6-9-22-10-7-14/h1-13H,(H,25,27). The van der Waals surface area contributed by atoms with Gasteiger partial charge in [0, 0.05) is 40.5 Å². The highest BCUT2D eigenvalue weighted by molar-refractivity contribution is 9.10. The minimum atomic E-state index is -0.253. The maximum Gasteiger partial charge on any atom is 0.259 e. The van der Waals surface area contributed by atoms with Crippen LogP contribution in [0.4, 0.5) is 5.69 Å². The Bertz CT molecular complexity index is 1090. The molecule has 0 spiro atoms. The summed E-state index contributed by atoms with van der Waals surface area (Å²) in [6.45, 7) is 0. The second kappa shape index (κ2) is 7.51. The summed E-state index contributed by atoms with van der Waals surface area (Å²) in [5.74, 6) is 0.211. The number of aromatic nitrogens is 4. The van der Waals surface area contributed by atoms with Crippen LogP contribution in [0.3, 0.4) is 0 Å².